The van der Waals surface area contributed by atoms with Crippen molar-refractivity contribution in [1.29, 1.82) is 0 Å². The summed E-state index contributed by atoms with van der Waals surface area (Å²) in [6.45, 7) is -1.10. The highest BCUT2D eigenvalue weighted by atomic mass is 16.6. The Bertz CT molecular complexity index is 1020. The zero-order valence-corrected chi connectivity index (χ0v) is 19.9. The number of nitrogens with one attached hydrogen (secondary N) is 3. The molecule has 3 amide bonds. The summed E-state index contributed by atoms with van der Waals surface area (Å²) in [6.07, 6.45) is -6.91. The van der Waals surface area contributed by atoms with Crippen molar-refractivity contribution in [3.63, 3.8) is 0 Å². The molecule has 0 aromatic heterocycles. The predicted molar refractivity (Wildman–Crippen MR) is 129 cm³/mol. The van der Waals surface area contributed by atoms with Crippen LogP contribution < -0.4 is 16.0 Å². The van der Waals surface area contributed by atoms with Crippen molar-refractivity contribution in [3.05, 3.63) is 71.8 Å². The maximum Gasteiger partial charge on any atom is 0.407 e. The number of hydrogen-bond acceptors (Lipinski definition) is 9. The third-order valence-corrected chi connectivity index (χ3v) is 5.75. The standard InChI is InChI=1S/C25H31N3O9/c29-13-18-21(31)22(32)20(24(34)37-18)28-23(33)17(11-15-7-3-1-4-8-15)27-19(30)12-26-25(35)36-14-16-9-5-2-6-10-16/h1-10,17-18,20-22,24,29,31-32,34H,11-14H2,(H,26,35)(H,27,30)(H,28,33)/t17-,18+,20+,21+,22+,24+/m0/s1. The van der Waals surface area contributed by atoms with Crippen LogP contribution in [0.2, 0.25) is 0 Å². The van der Waals surface area contributed by atoms with Gasteiger partial charge in [-0.25, -0.2) is 4.79 Å². The summed E-state index contributed by atoms with van der Waals surface area (Å²) in [4.78, 5) is 37.5. The van der Waals surface area contributed by atoms with E-state index in [-0.39, 0.29) is 13.0 Å². The van der Waals surface area contributed by atoms with Crippen LogP contribution in [0.1, 0.15) is 11.1 Å². The summed E-state index contributed by atoms with van der Waals surface area (Å²) in [5.74, 6) is -1.46. The number of hydrogen-bond donors (Lipinski definition) is 7. The molecule has 12 heteroatoms. The van der Waals surface area contributed by atoms with E-state index in [1.165, 1.54) is 0 Å². The van der Waals surface area contributed by atoms with E-state index in [1.54, 1.807) is 54.6 Å². The van der Waals surface area contributed by atoms with Crippen LogP contribution >= 0.6 is 0 Å². The minimum absolute atomic E-state index is 0.0183. The van der Waals surface area contributed by atoms with Gasteiger partial charge in [0.25, 0.3) is 0 Å². The summed E-state index contributed by atoms with van der Waals surface area (Å²) >= 11 is 0. The van der Waals surface area contributed by atoms with E-state index in [0.717, 1.165) is 5.56 Å². The van der Waals surface area contributed by atoms with Crippen LogP contribution in [0.5, 0.6) is 0 Å². The number of aliphatic hydroxyl groups excluding tert-OH is 4. The Morgan fingerprint density at radius 2 is 1.54 bits per heavy atom. The van der Waals surface area contributed by atoms with Gasteiger partial charge in [-0.05, 0) is 11.1 Å². The van der Waals surface area contributed by atoms with Crippen molar-refractivity contribution < 1.29 is 44.3 Å². The van der Waals surface area contributed by atoms with Gasteiger partial charge in [0.15, 0.2) is 6.29 Å². The molecule has 0 radical (unpaired) electrons. The Morgan fingerprint density at radius 1 is 0.919 bits per heavy atom. The van der Waals surface area contributed by atoms with E-state index in [1.807, 2.05) is 6.07 Å². The number of ether oxygens (including phenoxy) is 2. The number of benzene rings is 2. The first-order valence-electron chi connectivity index (χ1n) is 11.7. The Labute approximate surface area is 213 Å². The molecular formula is C25H31N3O9. The molecule has 3 rings (SSSR count). The number of alkyl carbamates (subject to hydrolysis) is 1. The molecule has 0 bridgehead atoms. The molecule has 0 aliphatic carbocycles. The highest BCUT2D eigenvalue weighted by molar-refractivity contribution is 5.89. The second-order valence-electron chi connectivity index (χ2n) is 8.49. The minimum atomic E-state index is -1.71. The summed E-state index contributed by atoms with van der Waals surface area (Å²) in [5, 5.41) is 47.0. The van der Waals surface area contributed by atoms with Gasteiger partial charge >= 0.3 is 6.09 Å². The van der Waals surface area contributed by atoms with Crippen molar-refractivity contribution in [2.45, 2.75) is 49.7 Å². The lowest BCUT2D eigenvalue weighted by atomic mass is 9.96. The van der Waals surface area contributed by atoms with Gasteiger partial charge < -0.3 is 45.9 Å². The first-order chi connectivity index (χ1) is 17.8. The van der Waals surface area contributed by atoms with E-state index >= 15 is 0 Å². The van der Waals surface area contributed by atoms with Crippen molar-refractivity contribution >= 4 is 17.9 Å². The number of carbonyl (C=O) groups is 3. The van der Waals surface area contributed by atoms with Crippen LogP contribution in [0.15, 0.2) is 60.7 Å². The smallest absolute Gasteiger partial charge is 0.407 e. The van der Waals surface area contributed by atoms with Gasteiger partial charge in [-0.15, -0.1) is 0 Å². The third-order valence-electron chi connectivity index (χ3n) is 5.75. The lowest BCUT2D eigenvalue weighted by molar-refractivity contribution is -0.254. The fourth-order valence-corrected chi connectivity index (χ4v) is 3.75. The summed E-state index contributed by atoms with van der Waals surface area (Å²) in [7, 11) is 0. The molecule has 6 atom stereocenters. The van der Waals surface area contributed by atoms with Crippen molar-refractivity contribution in [2.75, 3.05) is 13.2 Å². The highest BCUT2D eigenvalue weighted by Crippen LogP contribution is 2.20. The molecular weight excluding hydrogens is 486 g/mol. The molecule has 1 heterocycles. The first kappa shape index (κ1) is 28.0. The maximum atomic E-state index is 13.1. The topological polar surface area (TPSA) is 187 Å². The number of rotatable bonds is 10. The normalized spacial score (nSPS) is 23.9. The lowest BCUT2D eigenvalue weighted by Crippen LogP contribution is -2.66. The van der Waals surface area contributed by atoms with E-state index in [4.69, 9.17) is 9.47 Å². The van der Waals surface area contributed by atoms with Gasteiger partial charge in [-0.1, -0.05) is 60.7 Å². The minimum Gasteiger partial charge on any atom is -0.445 e. The summed E-state index contributed by atoms with van der Waals surface area (Å²) in [6, 6.07) is 15.2. The average molecular weight is 518 g/mol. The molecule has 1 saturated heterocycles. The van der Waals surface area contributed by atoms with Gasteiger partial charge in [-0.2, -0.15) is 0 Å². The Kier molecular flexibility index (Phi) is 10.4. The van der Waals surface area contributed by atoms with Gasteiger partial charge in [0.05, 0.1) is 6.61 Å². The first-order valence-corrected chi connectivity index (χ1v) is 11.7. The van der Waals surface area contributed by atoms with Gasteiger partial charge in [-0.3, -0.25) is 9.59 Å². The molecule has 200 valence electrons. The van der Waals surface area contributed by atoms with Crippen LogP contribution in [-0.2, 0) is 32.1 Å². The van der Waals surface area contributed by atoms with E-state index in [0.29, 0.717) is 5.56 Å². The largest absolute Gasteiger partial charge is 0.445 e. The SMILES string of the molecule is O=C(CNC(=O)OCc1ccccc1)N[C@@H](Cc1ccccc1)C(=O)N[C@@H]1[C@@H](O)[C@H](O)[C@@H](CO)O[C@H]1O. The maximum absolute atomic E-state index is 13.1. The van der Waals surface area contributed by atoms with E-state index in [2.05, 4.69) is 16.0 Å². The zero-order valence-electron chi connectivity index (χ0n) is 19.9. The summed E-state index contributed by atoms with van der Waals surface area (Å²) < 4.78 is 10.1. The predicted octanol–water partition coefficient (Wildman–Crippen LogP) is -1.44. The molecule has 2 aromatic rings. The van der Waals surface area contributed by atoms with Crippen molar-refractivity contribution in [2.24, 2.45) is 0 Å². The lowest BCUT2D eigenvalue weighted by Gasteiger charge is -2.40. The Hall–Kier alpha value is -3.55. The fourth-order valence-electron chi connectivity index (χ4n) is 3.75. The molecule has 2 aromatic carbocycles. The van der Waals surface area contributed by atoms with Crippen molar-refractivity contribution in [3.8, 4) is 0 Å². The van der Waals surface area contributed by atoms with E-state index < -0.39 is 67.7 Å². The molecule has 0 unspecified atom stereocenters. The molecule has 37 heavy (non-hydrogen) atoms. The molecule has 0 saturated carbocycles. The van der Waals surface area contributed by atoms with Crippen LogP contribution in [-0.4, -0.2) is 88.2 Å². The number of carbonyl (C=O) groups excluding carboxylic acids is 3. The third kappa shape index (κ3) is 8.23. The fraction of sp³-hybridized carbons (Fsp3) is 0.400. The molecule has 1 aliphatic heterocycles. The van der Waals surface area contributed by atoms with Gasteiger partial charge in [0, 0.05) is 6.42 Å². The molecule has 1 fully saturated rings. The average Bonchev–Trinajstić information content (AvgIpc) is 2.91. The number of aliphatic hydroxyl groups is 4. The molecule has 0 spiro atoms. The molecule has 12 nitrogen and oxygen atoms in total. The van der Waals surface area contributed by atoms with Crippen LogP contribution in [0, 0.1) is 0 Å². The van der Waals surface area contributed by atoms with Crippen LogP contribution in [0.25, 0.3) is 0 Å². The molecule has 1 aliphatic rings. The Morgan fingerprint density at radius 3 is 2.16 bits per heavy atom. The monoisotopic (exact) mass is 517 g/mol. The quantitative estimate of drug-likeness (QED) is 0.198. The van der Waals surface area contributed by atoms with Gasteiger partial charge in [0.2, 0.25) is 11.8 Å². The Balaban J connectivity index is 1.59. The highest BCUT2D eigenvalue weighted by Gasteiger charge is 2.44. The van der Waals surface area contributed by atoms with Gasteiger partial charge in [0.1, 0.15) is 43.5 Å². The zero-order chi connectivity index (χ0) is 26.8. The van der Waals surface area contributed by atoms with Crippen LogP contribution in [0.3, 0.4) is 0 Å². The molecule has 7 N–H and O–H groups in total. The van der Waals surface area contributed by atoms with Crippen molar-refractivity contribution in [1.82, 2.24) is 16.0 Å². The second-order valence-corrected chi connectivity index (χ2v) is 8.49. The number of amides is 3. The van der Waals surface area contributed by atoms with Crippen LogP contribution in [0.4, 0.5) is 4.79 Å². The summed E-state index contributed by atoms with van der Waals surface area (Å²) in [5.41, 5.74) is 1.48. The second kappa shape index (κ2) is 13.7. The van der Waals surface area contributed by atoms with E-state index in [9.17, 15) is 34.8 Å².